The number of para-hydroxylation sites is 1. The Morgan fingerprint density at radius 1 is 1.20 bits per heavy atom. The molecule has 8 nitrogen and oxygen atoms in total. The maximum absolute atomic E-state index is 13.2. The lowest BCUT2D eigenvalue weighted by Crippen LogP contribution is -2.34. The first-order valence-corrected chi connectivity index (χ1v) is 12.2. The topological polar surface area (TPSA) is 100 Å². The number of hydrogen-bond donors (Lipinski definition) is 4. The molecule has 3 aliphatic heterocycles. The fourth-order valence-corrected chi connectivity index (χ4v) is 5.33. The van der Waals surface area contributed by atoms with Crippen LogP contribution in [0.2, 0.25) is 5.02 Å². The molecular weight excluding hydrogens is 466 g/mol. The minimum atomic E-state index is -0.127. The highest BCUT2D eigenvalue weighted by Crippen LogP contribution is 2.47. The van der Waals surface area contributed by atoms with Crippen molar-refractivity contribution in [1.29, 1.82) is 0 Å². The van der Waals surface area contributed by atoms with Crippen molar-refractivity contribution in [3.05, 3.63) is 58.9 Å². The summed E-state index contributed by atoms with van der Waals surface area (Å²) in [5.41, 5.74) is 4.42. The van der Waals surface area contributed by atoms with Gasteiger partial charge < -0.3 is 30.4 Å². The molecule has 3 aromatic rings. The summed E-state index contributed by atoms with van der Waals surface area (Å²) in [5, 5.41) is 10.4. The Labute approximate surface area is 208 Å². The fourth-order valence-electron chi connectivity index (χ4n) is 5.08. The van der Waals surface area contributed by atoms with Crippen molar-refractivity contribution in [2.75, 3.05) is 30.8 Å². The van der Waals surface area contributed by atoms with E-state index in [0.717, 1.165) is 36.2 Å². The molecule has 9 heteroatoms. The van der Waals surface area contributed by atoms with Crippen LogP contribution in [0.15, 0.2) is 42.6 Å². The Hall–Kier alpha value is -3.65. The number of amides is 1. The molecule has 1 amide bonds. The molecule has 4 bridgehead atoms. The van der Waals surface area contributed by atoms with E-state index in [1.54, 1.807) is 19.4 Å². The van der Waals surface area contributed by atoms with Crippen molar-refractivity contribution < 1.29 is 14.3 Å². The van der Waals surface area contributed by atoms with Crippen LogP contribution < -0.4 is 25.4 Å². The molecule has 0 radical (unpaired) electrons. The van der Waals surface area contributed by atoms with Crippen LogP contribution in [-0.4, -0.2) is 42.2 Å². The van der Waals surface area contributed by atoms with E-state index in [1.165, 1.54) is 0 Å². The monoisotopic (exact) mass is 491 g/mol. The van der Waals surface area contributed by atoms with Crippen molar-refractivity contribution in [2.45, 2.75) is 31.3 Å². The van der Waals surface area contributed by atoms with Gasteiger partial charge in [-0.2, -0.15) is 0 Å². The molecule has 180 valence electrons. The van der Waals surface area contributed by atoms with Crippen LogP contribution in [0.1, 0.15) is 41.2 Å². The van der Waals surface area contributed by atoms with E-state index in [9.17, 15) is 4.79 Å². The summed E-state index contributed by atoms with van der Waals surface area (Å²) in [6.07, 6.45) is 8.85. The second-order valence-electron chi connectivity index (χ2n) is 8.96. The zero-order valence-corrected chi connectivity index (χ0v) is 20.0. The number of benzene rings is 1. The molecule has 6 rings (SSSR count). The molecule has 2 aromatic heterocycles. The van der Waals surface area contributed by atoms with Gasteiger partial charge in [-0.15, -0.1) is 0 Å². The first-order chi connectivity index (χ1) is 17.1. The van der Waals surface area contributed by atoms with Gasteiger partial charge in [0.2, 0.25) is 0 Å². The molecule has 4 N–H and O–H groups in total. The number of carbonyl (C=O) groups excluding carboxylic acids is 1. The Morgan fingerprint density at radius 3 is 3.00 bits per heavy atom. The Bertz CT molecular complexity index is 1330. The number of anilines is 3. The Morgan fingerprint density at radius 2 is 2.11 bits per heavy atom. The van der Waals surface area contributed by atoms with E-state index < -0.39 is 0 Å². The number of rotatable bonds is 3. The van der Waals surface area contributed by atoms with E-state index in [-0.39, 0.29) is 17.9 Å². The van der Waals surface area contributed by atoms with Crippen LogP contribution in [0, 0.1) is 0 Å². The molecule has 5 heterocycles. The van der Waals surface area contributed by atoms with Gasteiger partial charge in [0.1, 0.15) is 6.10 Å². The highest BCUT2D eigenvalue weighted by molar-refractivity contribution is 6.32. The number of methoxy groups -OCH3 is 1. The Kier molecular flexibility index (Phi) is 5.53. The minimum absolute atomic E-state index is 0.0289. The van der Waals surface area contributed by atoms with E-state index in [0.29, 0.717) is 52.4 Å². The highest BCUT2D eigenvalue weighted by atomic mass is 35.5. The number of nitrogens with zero attached hydrogens (tertiary/aromatic N) is 1. The molecule has 0 spiro atoms. The number of ether oxygens (including phenoxy) is 2. The SMILES string of the molecule is COc1c(Cl)cccc1Nc1c2[nH]c3c1C(=O)NC[C@H]3C/C=C\CC[C@H]1CNc3nccc-2c3O1. The number of carbonyl (C=O) groups is 1. The first kappa shape index (κ1) is 21.9. The number of halogens is 1. The minimum Gasteiger partial charge on any atom is -0.493 e. The number of allylic oxidation sites excluding steroid dienone is 2. The predicted octanol–water partition coefficient (Wildman–Crippen LogP) is 5.22. The summed E-state index contributed by atoms with van der Waals surface area (Å²) in [6, 6.07) is 7.41. The third kappa shape index (κ3) is 3.78. The van der Waals surface area contributed by atoms with Gasteiger partial charge in [0.05, 0.1) is 41.3 Å². The van der Waals surface area contributed by atoms with Gasteiger partial charge >= 0.3 is 0 Å². The fraction of sp³-hybridized carbons (Fsp3) is 0.308. The number of pyridine rings is 1. The van der Waals surface area contributed by atoms with E-state index in [1.807, 2.05) is 18.2 Å². The van der Waals surface area contributed by atoms with Gasteiger partial charge in [0, 0.05) is 29.9 Å². The lowest BCUT2D eigenvalue weighted by atomic mass is 9.93. The molecule has 0 saturated carbocycles. The van der Waals surface area contributed by atoms with Gasteiger partial charge in [-0.05, 0) is 37.5 Å². The normalized spacial score (nSPS) is 21.3. The summed E-state index contributed by atoms with van der Waals surface area (Å²) >= 11 is 6.40. The molecule has 0 unspecified atom stereocenters. The van der Waals surface area contributed by atoms with Crippen LogP contribution in [0.4, 0.5) is 17.2 Å². The number of nitrogens with one attached hydrogen (secondary N) is 4. The van der Waals surface area contributed by atoms with Crippen molar-refractivity contribution in [3.8, 4) is 22.8 Å². The summed E-state index contributed by atoms with van der Waals surface area (Å²) in [5.74, 6) is 1.89. The van der Waals surface area contributed by atoms with Crippen molar-refractivity contribution in [2.24, 2.45) is 0 Å². The maximum atomic E-state index is 13.2. The highest BCUT2D eigenvalue weighted by Gasteiger charge is 2.34. The molecule has 2 atom stereocenters. The molecule has 1 aromatic carbocycles. The second-order valence-corrected chi connectivity index (χ2v) is 9.36. The number of H-pyrrole nitrogens is 1. The van der Waals surface area contributed by atoms with Crippen molar-refractivity contribution >= 4 is 34.7 Å². The zero-order valence-electron chi connectivity index (χ0n) is 19.3. The molecule has 0 aliphatic carbocycles. The van der Waals surface area contributed by atoms with Crippen LogP contribution in [0.5, 0.6) is 11.5 Å². The quantitative estimate of drug-likeness (QED) is 0.375. The predicted molar refractivity (Wildman–Crippen MR) is 136 cm³/mol. The molecule has 35 heavy (non-hydrogen) atoms. The van der Waals surface area contributed by atoms with Gasteiger partial charge in [0.15, 0.2) is 17.3 Å². The van der Waals surface area contributed by atoms with Crippen LogP contribution in [0.25, 0.3) is 11.3 Å². The smallest absolute Gasteiger partial charge is 0.255 e. The number of aromatic nitrogens is 2. The number of hydrogen-bond acceptors (Lipinski definition) is 6. The molecular formula is C26H26ClN5O3. The summed E-state index contributed by atoms with van der Waals surface area (Å²) in [4.78, 5) is 21.3. The number of fused-ring (bicyclic) bond motifs is 3. The summed E-state index contributed by atoms with van der Waals surface area (Å²) < 4.78 is 12.0. The average molecular weight is 492 g/mol. The average Bonchev–Trinajstić information content (AvgIpc) is 3.24. The maximum Gasteiger partial charge on any atom is 0.255 e. The van der Waals surface area contributed by atoms with Gasteiger partial charge in [0.25, 0.3) is 5.91 Å². The standard InChI is InChI=1S/C26H26ClN5O3/c1-34-24-17(27)8-5-9-18(24)31-22-19-20-14(12-30-26(19)33)6-3-2-4-7-15-13-29-25-23(35-15)16(10-11-28-25)21(22)32-20/h2-3,5,8-11,14-15,31-32H,4,6-7,12-13H2,1H3,(H,28,29)(H,30,33)/b3-2-/t14-,15+/m1/s1. The van der Waals surface area contributed by atoms with E-state index in [2.05, 4.69) is 38.1 Å². The van der Waals surface area contributed by atoms with Crippen molar-refractivity contribution in [3.63, 3.8) is 0 Å². The van der Waals surface area contributed by atoms with E-state index >= 15 is 0 Å². The molecule has 0 saturated heterocycles. The zero-order chi connectivity index (χ0) is 23.9. The Balaban J connectivity index is 1.59. The lowest BCUT2D eigenvalue weighted by molar-refractivity contribution is 0.0941. The van der Waals surface area contributed by atoms with Gasteiger partial charge in [-0.3, -0.25) is 4.79 Å². The van der Waals surface area contributed by atoms with Crippen LogP contribution >= 0.6 is 11.6 Å². The van der Waals surface area contributed by atoms with Gasteiger partial charge in [-0.1, -0.05) is 29.8 Å². The first-order valence-electron chi connectivity index (χ1n) is 11.8. The molecule has 0 fully saturated rings. The third-order valence-corrected chi connectivity index (χ3v) is 7.10. The van der Waals surface area contributed by atoms with Crippen LogP contribution in [-0.2, 0) is 0 Å². The van der Waals surface area contributed by atoms with Gasteiger partial charge in [-0.25, -0.2) is 4.98 Å². The second kappa shape index (κ2) is 8.85. The third-order valence-electron chi connectivity index (χ3n) is 6.80. The van der Waals surface area contributed by atoms with Crippen molar-refractivity contribution in [1.82, 2.24) is 15.3 Å². The summed E-state index contributed by atoms with van der Waals surface area (Å²) in [6.45, 7) is 1.28. The number of aromatic amines is 1. The lowest BCUT2D eigenvalue weighted by Gasteiger charge is -2.28. The van der Waals surface area contributed by atoms with Crippen LogP contribution in [0.3, 0.4) is 0 Å². The largest absolute Gasteiger partial charge is 0.493 e. The van der Waals surface area contributed by atoms with E-state index in [4.69, 9.17) is 21.1 Å². The molecule has 3 aliphatic rings. The summed E-state index contributed by atoms with van der Waals surface area (Å²) in [7, 11) is 1.58.